The van der Waals surface area contributed by atoms with Crippen molar-refractivity contribution in [3.05, 3.63) is 47.6 Å². The second kappa shape index (κ2) is 10.7. The molecule has 118 valence electrons. The fraction of sp³-hybridized carbons (Fsp3) is 0.333. The maximum Gasteiger partial charge on any atom is 2.00 e. The van der Waals surface area contributed by atoms with E-state index in [2.05, 4.69) is 12.2 Å². The Morgan fingerprint density at radius 1 is 0.714 bits per heavy atom. The molecule has 0 saturated carbocycles. The van der Waals surface area contributed by atoms with Crippen LogP contribution in [0.3, 0.4) is 0 Å². The van der Waals surface area contributed by atoms with Crippen LogP contribution in [-0.4, -0.2) is 12.4 Å². The van der Waals surface area contributed by atoms with Crippen LogP contribution in [0.25, 0.3) is 0 Å². The average Bonchev–Trinajstić information content (AvgIpc) is 2.91. The summed E-state index contributed by atoms with van der Waals surface area (Å²) in [5.41, 5.74) is -1.30. The zero-order valence-corrected chi connectivity index (χ0v) is 14.4. The first-order chi connectivity index (χ1) is 8.21. The van der Waals surface area contributed by atoms with Crippen molar-refractivity contribution in [2.75, 3.05) is 0 Å². The molecule has 0 heterocycles. The molecule has 0 unspecified atom stereocenters. The Balaban J connectivity index is -0.000000270. The van der Waals surface area contributed by atoms with E-state index >= 15 is 0 Å². The minimum absolute atomic E-state index is 0. The van der Waals surface area contributed by atoms with E-state index in [1.54, 1.807) is 0 Å². The average molecular weight is 430 g/mol. The molecule has 0 atom stereocenters. The van der Waals surface area contributed by atoms with Crippen LogP contribution in [-0.2, 0) is 26.2 Å². The topological polar surface area (TPSA) is 0 Å². The Bertz CT molecular complexity index is 378. The predicted octanol–water partition coefficient (Wildman–Crippen LogP) is 5.32. The van der Waals surface area contributed by atoms with Gasteiger partial charge in [0.1, 0.15) is 0 Å². The molecule has 2 aliphatic carbocycles. The fourth-order valence-corrected chi connectivity index (χ4v) is 1.20. The second-order valence-corrected chi connectivity index (χ2v) is 3.39. The molecule has 0 radical (unpaired) electrons. The summed E-state index contributed by atoms with van der Waals surface area (Å²) in [6, 6.07) is 0. The van der Waals surface area contributed by atoms with Crippen LogP contribution in [0.2, 0.25) is 0 Å². The molecule has 0 fully saturated rings. The minimum atomic E-state index is -4.20. The molecular formula is C12H10Cl2F6Zr. The van der Waals surface area contributed by atoms with Gasteiger partial charge in [-0.05, 0) is 0 Å². The minimum Gasteiger partial charge on any atom is -0.261 e. The molecule has 0 nitrogen and oxygen atoms in total. The zero-order chi connectivity index (χ0) is 13.8. The first-order valence-electron chi connectivity index (χ1n) is 4.90. The van der Waals surface area contributed by atoms with Crippen LogP contribution in [0.1, 0.15) is 12.8 Å². The SMILES string of the molecule is Cl.Cl.FC(F)(F)C1=[C-]CC=C1.FC(F)(F)C1=[C-]CC=C1.[Zr+2]. The second-order valence-electron chi connectivity index (χ2n) is 3.39. The van der Waals surface area contributed by atoms with Crippen LogP contribution in [0.4, 0.5) is 26.3 Å². The largest absolute Gasteiger partial charge is 2.00 e. The van der Waals surface area contributed by atoms with Crippen molar-refractivity contribution in [1.29, 1.82) is 0 Å². The fourth-order valence-electron chi connectivity index (χ4n) is 1.20. The summed E-state index contributed by atoms with van der Waals surface area (Å²) in [6.07, 6.45) is 1.47. The van der Waals surface area contributed by atoms with Gasteiger partial charge in [0.25, 0.3) is 0 Å². The Morgan fingerprint density at radius 3 is 1.10 bits per heavy atom. The molecule has 0 aromatic heterocycles. The standard InChI is InChI=1S/2C6H4F3.2ClH.Zr/c2*7-6(8,9)5-3-1-2-4-5;;;/h2*1,3H,2H2;2*1H;/q2*-1;;;+2. The summed E-state index contributed by atoms with van der Waals surface area (Å²) in [6.45, 7) is 0. The Labute approximate surface area is 150 Å². The van der Waals surface area contributed by atoms with Crippen LogP contribution in [0.5, 0.6) is 0 Å². The summed E-state index contributed by atoms with van der Waals surface area (Å²) >= 11 is 0. The van der Waals surface area contributed by atoms with E-state index in [9.17, 15) is 26.3 Å². The molecule has 0 aromatic rings. The van der Waals surface area contributed by atoms with Crippen molar-refractivity contribution in [3.63, 3.8) is 0 Å². The van der Waals surface area contributed by atoms with Gasteiger partial charge in [-0.25, -0.2) is 12.2 Å². The van der Waals surface area contributed by atoms with E-state index in [0.29, 0.717) is 0 Å². The van der Waals surface area contributed by atoms with Crippen LogP contribution in [0.15, 0.2) is 35.5 Å². The molecular weight excluding hydrogens is 420 g/mol. The van der Waals surface area contributed by atoms with Gasteiger partial charge in [-0.2, -0.15) is 38.5 Å². The van der Waals surface area contributed by atoms with Crippen LogP contribution in [0, 0.1) is 12.2 Å². The monoisotopic (exact) mass is 428 g/mol. The molecule has 0 aromatic carbocycles. The van der Waals surface area contributed by atoms with Crippen LogP contribution < -0.4 is 0 Å². The van der Waals surface area contributed by atoms with Gasteiger partial charge in [0.2, 0.25) is 0 Å². The molecule has 0 bridgehead atoms. The molecule has 0 amide bonds. The van der Waals surface area contributed by atoms with Gasteiger partial charge in [-0.1, -0.05) is 0 Å². The third-order valence-corrected chi connectivity index (χ3v) is 2.00. The summed E-state index contributed by atoms with van der Waals surface area (Å²) < 4.78 is 69.7. The number of hydrogen-bond acceptors (Lipinski definition) is 0. The normalized spacial score (nSPS) is 15.7. The molecule has 0 spiro atoms. The Kier molecular flexibility index (Phi) is 13.2. The van der Waals surface area contributed by atoms with E-state index in [1.165, 1.54) is 12.2 Å². The molecule has 2 aliphatic rings. The summed E-state index contributed by atoms with van der Waals surface area (Å²) in [5, 5.41) is 0. The van der Waals surface area contributed by atoms with Crippen molar-refractivity contribution in [3.8, 4) is 0 Å². The Morgan fingerprint density at radius 2 is 1.00 bits per heavy atom. The third-order valence-electron chi connectivity index (χ3n) is 2.00. The summed E-state index contributed by atoms with van der Waals surface area (Å²) in [5.74, 6) is 0. The van der Waals surface area contributed by atoms with Crippen molar-refractivity contribution >= 4 is 24.8 Å². The van der Waals surface area contributed by atoms with Gasteiger partial charge in [0, 0.05) is 0 Å². The number of hydrogen-bond donors (Lipinski definition) is 0. The molecule has 9 heteroatoms. The van der Waals surface area contributed by atoms with E-state index in [-0.39, 0.29) is 63.9 Å². The van der Waals surface area contributed by atoms with Gasteiger partial charge >= 0.3 is 38.6 Å². The Hall–Kier alpha value is 0.00312. The van der Waals surface area contributed by atoms with Gasteiger partial charge in [0.05, 0.1) is 0 Å². The maximum atomic E-state index is 11.6. The van der Waals surface area contributed by atoms with E-state index in [1.807, 2.05) is 0 Å². The quantitative estimate of drug-likeness (QED) is 0.361. The maximum absolute atomic E-state index is 11.6. The van der Waals surface area contributed by atoms with Gasteiger partial charge < -0.3 is 0 Å². The number of alkyl halides is 6. The number of allylic oxidation sites excluding steroid dienone is 8. The van der Waals surface area contributed by atoms with Gasteiger partial charge in [-0.3, -0.25) is 12.2 Å². The van der Waals surface area contributed by atoms with E-state index in [4.69, 9.17) is 0 Å². The molecule has 2 rings (SSSR count). The smallest absolute Gasteiger partial charge is 0.261 e. The van der Waals surface area contributed by atoms with Crippen molar-refractivity contribution in [2.45, 2.75) is 25.2 Å². The van der Waals surface area contributed by atoms with Gasteiger partial charge in [0.15, 0.2) is 0 Å². The van der Waals surface area contributed by atoms with Gasteiger partial charge in [-0.15, -0.1) is 48.8 Å². The van der Waals surface area contributed by atoms with Crippen molar-refractivity contribution < 1.29 is 52.5 Å². The number of rotatable bonds is 0. The molecule has 0 saturated heterocycles. The van der Waals surface area contributed by atoms with E-state index < -0.39 is 23.5 Å². The zero-order valence-electron chi connectivity index (χ0n) is 10.3. The molecule has 21 heavy (non-hydrogen) atoms. The summed E-state index contributed by atoms with van der Waals surface area (Å²) in [4.78, 5) is 0. The first-order valence-corrected chi connectivity index (χ1v) is 4.90. The first kappa shape index (κ1) is 25.9. The van der Waals surface area contributed by atoms with Crippen molar-refractivity contribution in [1.82, 2.24) is 0 Å². The molecule has 0 aliphatic heterocycles. The van der Waals surface area contributed by atoms with E-state index in [0.717, 1.165) is 12.2 Å². The van der Waals surface area contributed by atoms with Crippen LogP contribution >= 0.6 is 24.8 Å². The predicted molar refractivity (Wildman–Crippen MR) is 67.6 cm³/mol. The van der Waals surface area contributed by atoms with Crippen molar-refractivity contribution in [2.24, 2.45) is 0 Å². The number of halogens is 8. The third kappa shape index (κ3) is 9.59. The molecule has 0 N–H and O–H groups in total. The summed E-state index contributed by atoms with van der Waals surface area (Å²) in [7, 11) is 0.